The van der Waals surface area contributed by atoms with Crippen LogP contribution in [-0.2, 0) is 0 Å². The van der Waals surface area contributed by atoms with Crippen molar-refractivity contribution < 1.29 is 10.0 Å². The molecule has 7 heteroatoms. The van der Waals surface area contributed by atoms with Gasteiger partial charge in [0.05, 0.1) is 16.0 Å². The minimum Gasteiger partial charge on any atom is -0.396 e. The van der Waals surface area contributed by atoms with Gasteiger partial charge in [-0.05, 0) is 35.7 Å². The normalized spacial score (nSPS) is 17.5. The van der Waals surface area contributed by atoms with Crippen LogP contribution in [-0.4, -0.2) is 28.2 Å². The maximum absolute atomic E-state index is 10.9. The third-order valence-corrected chi connectivity index (χ3v) is 5.28. The fourth-order valence-corrected chi connectivity index (χ4v) is 3.29. The van der Waals surface area contributed by atoms with Gasteiger partial charge in [0.15, 0.2) is 0 Å². The highest BCUT2D eigenvalue weighted by atomic mass is 79.9. The number of hydrogen-bond acceptors (Lipinski definition) is 5. The van der Waals surface area contributed by atoms with Crippen molar-refractivity contribution in [1.29, 1.82) is 0 Å². The molecule has 0 atom stereocenters. The van der Waals surface area contributed by atoms with Crippen LogP contribution in [0.25, 0.3) is 0 Å². The van der Waals surface area contributed by atoms with Gasteiger partial charge in [-0.15, -0.1) is 0 Å². The summed E-state index contributed by atoms with van der Waals surface area (Å²) in [7, 11) is 0. The summed E-state index contributed by atoms with van der Waals surface area (Å²) in [6, 6.07) is 0. The summed E-state index contributed by atoms with van der Waals surface area (Å²) in [5, 5.41) is 23.8. The Balaban J connectivity index is 2.13. The molecule has 0 bridgehead atoms. The number of aromatic nitrogens is 1. The fourth-order valence-electron chi connectivity index (χ4n) is 2.84. The summed E-state index contributed by atoms with van der Waals surface area (Å²) >= 11 is 3.37. The second-order valence-corrected chi connectivity index (χ2v) is 6.55. The number of nitro groups is 1. The number of halogens is 1. The number of pyridine rings is 1. The average molecular weight is 358 g/mol. The van der Waals surface area contributed by atoms with E-state index in [9.17, 15) is 15.2 Å². The lowest BCUT2D eigenvalue weighted by Gasteiger charge is -2.35. The van der Waals surface area contributed by atoms with E-state index >= 15 is 0 Å². The zero-order chi connectivity index (χ0) is 15.5. The van der Waals surface area contributed by atoms with E-state index in [1.54, 1.807) is 6.92 Å². The largest absolute Gasteiger partial charge is 0.396 e. The smallest absolute Gasteiger partial charge is 0.291 e. The van der Waals surface area contributed by atoms with Crippen LogP contribution in [0.1, 0.15) is 37.7 Å². The van der Waals surface area contributed by atoms with E-state index in [0.717, 1.165) is 25.7 Å². The van der Waals surface area contributed by atoms with Gasteiger partial charge in [0.25, 0.3) is 5.69 Å². The van der Waals surface area contributed by atoms with Crippen LogP contribution in [0.2, 0.25) is 0 Å². The van der Waals surface area contributed by atoms with Crippen molar-refractivity contribution in [1.82, 2.24) is 4.98 Å². The summed E-state index contributed by atoms with van der Waals surface area (Å²) in [5.41, 5.74) is 0.454. The molecule has 1 saturated carbocycles. The summed E-state index contributed by atoms with van der Waals surface area (Å²) in [5.74, 6) is 0.594. The van der Waals surface area contributed by atoms with E-state index in [4.69, 9.17) is 0 Å². The first-order valence-electron chi connectivity index (χ1n) is 7.13. The predicted octanol–water partition coefficient (Wildman–Crippen LogP) is 3.42. The lowest BCUT2D eigenvalue weighted by Crippen LogP contribution is -2.35. The third kappa shape index (κ3) is 3.52. The lowest BCUT2D eigenvalue weighted by atomic mass is 9.74. The molecule has 0 aliphatic heterocycles. The molecule has 0 spiro atoms. The molecule has 0 unspecified atom stereocenters. The van der Waals surface area contributed by atoms with Crippen molar-refractivity contribution in [3.63, 3.8) is 0 Å². The predicted molar refractivity (Wildman–Crippen MR) is 84.4 cm³/mol. The van der Waals surface area contributed by atoms with Crippen LogP contribution in [0.4, 0.5) is 11.5 Å². The van der Waals surface area contributed by atoms with Crippen LogP contribution in [0, 0.1) is 22.5 Å². The fraction of sp³-hybridized carbons (Fsp3) is 0.643. The highest BCUT2D eigenvalue weighted by molar-refractivity contribution is 9.10. The Hall–Kier alpha value is -1.21. The molecule has 2 rings (SSSR count). The molecule has 2 N–H and O–H groups in total. The number of nitrogens with zero attached hydrogens (tertiary/aromatic N) is 2. The van der Waals surface area contributed by atoms with Gasteiger partial charge >= 0.3 is 0 Å². The SMILES string of the molecule is Cc1c([N+](=O)[O-])cnc(NCC2(CO)CCCCC2)c1Br. The van der Waals surface area contributed by atoms with Gasteiger partial charge in [0.2, 0.25) is 0 Å². The number of aliphatic hydroxyl groups excluding tert-OH is 1. The number of anilines is 1. The number of nitrogens with one attached hydrogen (secondary N) is 1. The van der Waals surface area contributed by atoms with Crippen molar-refractivity contribution in [2.45, 2.75) is 39.0 Å². The summed E-state index contributed by atoms with van der Waals surface area (Å²) in [4.78, 5) is 14.6. The van der Waals surface area contributed by atoms with Gasteiger partial charge < -0.3 is 10.4 Å². The molecule has 116 valence electrons. The molecule has 1 heterocycles. The molecule has 1 aliphatic carbocycles. The standard InChI is InChI=1S/C14H20BrN3O3/c1-10-11(18(20)21)7-16-13(12(10)15)17-8-14(9-19)5-3-2-4-6-14/h7,19H,2-6,8-9H2,1H3,(H,16,17). The van der Waals surface area contributed by atoms with Crippen molar-refractivity contribution in [2.75, 3.05) is 18.5 Å². The van der Waals surface area contributed by atoms with E-state index in [1.165, 1.54) is 12.6 Å². The lowest BCUT2D eigenvalue weighted by molar-refractivity contribution is -0.385. The zero-order valence-corrected chi connectivity index (χ0v) is 13.6. The second kappa shape index (κ2) is 6.70. The van der Waals surface area contributed by atoms with Crippen molar-refractivity contribution in [3.8, 4) is 0 Å². The van der Waals surface area contributed by atoms with Crippen LogP contribution in [0.5, 0.6) is 0 Å². The van der Waals surface area contributed by atoms with Gasteiger partial charge in [-0.3, -0.25) is 10.1 Å². The summed E-state index contributed by atoms with van der Waals surface area (Å²) in [6.07, 6.45) is 6.77. The Morgan fingerprint density at radius 3 is 2.71 bits per heavy atom. The quantitative estimate of drug-likeness (QED) is 0.622. The molecule has 0 saturated heterocycles. The average Bonchev–Trinajstić information content (AvgIpc) is 2.49. The molecule has 6 nitrogen and oxygen atoms in total. The maximum Gasteiger partial charge on any atom is 0.291 e. The van der Waals surface area contributed by atoms with Gasteiger partial charge in [-0.25, -0.2) is 4.98 Å². The first kappa shape index (κ1) is 16.2. The maximum atomic E-state index is 10.9. The van der Waals surface area contributed by atoms with Crippen LogP contribution >= 0.6 is 15.9 Å². The molecular formula is C14H20BrN3O3. The van der Waals surface area contributed by atoms with Gasteiger partial charge in [0, 0.05) is 17.5 Å². The Kier molecular flexibility index (Phi) is 5.16. The third-order valence-electron chi connectivity index (χ3n) is 4.31. The first-order chi connectivity index (χ1) is 9.99. The van der Waals surface area contributed by atoms with Gasteiger partial charge in [0.1, 0.15) is 12.0 Å². The highest BCUT2D eigenvalue weighted by Crippen LogP contribution is 2.37. The van der Waals surface area contributed by atoms with Crippen LogP contribution in [0.3, 0.4) is 0 Å². The first-order valence-corrected chi connectivity index (χ1v) is 7.93. The molecule has 1 aromatic heterocycles. The van der Waals surface area contributed by atoms with E-state index in [-0.39, 0.29) is 17.7 Å². The molecule has 1 aromatic rings. The van der Waals surface area contributed by atoms with E-state index in [0.29, 0.717) is 22.4 Å². The summed E-state index contributed by atoms with van der Waals surface area (Å²) < 4.78 is 0.612. The Labute approximate surface area is 132 Å². The Morgan fingerprint density at radius 2 is 2.14 bits per heavy atom. The molecule has 0 amide bonds. The zero-order valence-electron chi connectivity index (χ0n) is 12.1. The molecule has 1 aliphatic rings. The molecule has 0 aromatic carbocycles. The Morgan fingerprint density at radius 1 is 1.48 bits per heavy atom. The highest BCUT2D eigenvalue weighted by Gasteiger charge is 2.31. The monoisotopic (exact) mass is 357 g/mol. The number of hydrogen-bond donors (Lipinski definition) is 2. The molecule has 1 fully saturated rings. The Bertz CT molecular complexity index is 530. The van der Waals surface area contributed by atoms with Gasteiger partial charge in [-0.2, -0.15) is 0 Å². The number of rotatable bonds is 5. The van der Waals surface area contributed by atoms with Crippen molar-refractivity contribution in [2.24, 2.45) is 5.41 Å². The second-order valence-electron chi connectivity index (χ2n) is 5.76. The van der Waals surface area contributed by atoms with E-state index in [2.05, 4.69) is 26.2 Å². The minimum absolute atomic E-state index is 0.00182. The molecule has 0 radical (unpaired) electrons. The minimum atomic E-state index is -0.437. The van der Waals surface area contributed by atoms with Crippen LogP contribution in [0.15, 0.2) is 10.7 Å². The molecule has 21 heavy (non-hydrogen) atoms. The number of aliphatic hydroxyl groups is 1. The van der Waals surface area contributed by atoms with Crippen LogP contribution < -0.4 is 5.32 Å². The van der Waals surface area contributed by atoms with Gasteiger partial charge in [-0.1, -0.05) is 19.3 Å². The topological polar surface area (TPSA) is 88.3 Å². The van der Waals surface area contributed by atoms with E-state index < -0.39 is 4.92 Å². The van der Waals surface area contributed by atoms with Crippen molar-refractivity contribution in [3.05, 3.63) is 26.3 Å². The van der Waals surface area contributed by atoms with E-state index in [1.807, 2.05) is 0 Å². The molecular weight excluding hydrogens is 338 g/mol. The summed E-state index contributed by atoms with van der Waals surface area (Å²) in [6.45, 7) is 2.48. The van der Waals surface area contributed by atoms with Crippen molar-refractivity contribution >= 4 is 27.4 Å².